The maximum absolute atomic E-state index is 4.61. The highest BCUT2D eigenvalue weighted by Gasteiger charge is 2.10. The lowest BCUT2D eigenvalue weighted by Gasteiger charge is -2.12. The quantitative estimate of drug-likeness (QED) is 0.597. The molecule has 0 saturated carbocycles. The Labute approximate surface area is 141 Å². The van der Waals surface area contributed by atoms with Gasteiger partial charge in [-0.25, -0.2) is 9.97 Å². The van der Waals surface area contributed by atoms with Gasteiger partial charge in [0, 0.05) is 24.5 Å². The standard InChI is InChI=1S/C20H20N4/c1-14(2)12-22-19-20-21-9-10-24(20)18(13-23-19)17-8-7-15-5-3-4-6-16(15)11-17/h3-11,13-14H,12H2,1-2H3,(H,22,23). The third-order valence-corrected chi connectivity index (χ3v) is 4.15. The molecule has 0 radical (unpaired) electrons. The van der Waals surface area contributed by atoms with Crippen LogP contribution in [0.25, 0.3) is 27.7 Å². The zero-order valence-electron chi connectivity index (χ0n) is 13.9. The largest absolute Gasteiger partial charge is 0.367 e. The molecule has 0 amide bonds. The first-order valence-corrected chi connectivity index (χ1v) is 8.27. The first-order valence-electron chi connectivity index (χ1n) is 8.27. The first kappa shape index (κ1) is 14.7. The highest BCUT2D eigenvalue weighted by molar-refractivity contribution is 5.87. The Morgan fingerprint density at radius 3 is 2.71 bits per heavy atom. The van der Waals surface area contributed by atoms with E-state index in [1.165, 1.54) is 10.8 Å². The summed E-state index contributed by atoms with van der Waals surface area (Å²) >= 11 is 0. The number of hydrogen-bond acceptors (Lipinski definition) is 3. The van der Waals surface area contributed by atoms with Crippen molar-refractivity contribution in [3.05, 3.63) is 61.1 Å². The molecule has 0 aliphatic heterocycles. The summed E-state index contributed by atoms with van der Waals surface area (Å²) in [7, 11) is 0. The van der Waals surface area contributed by atoms with E-state index in [1.807, 2.05) is 18.6 Å². The van der Waals surface area contributed by atoms with E-state index >= 15 is 0 Å². The fourth-order valence-electron chi connectivity index (χ4n) is 2.91. The van der Waals surface area contributed by atoms with Gasteiger partial charge >= 0.3 is 0 Å². The molecule has 0 aliphatic carbocycles. The van der Waals surface area contributed by atoms with Gasteiger partial charge in [0.1, 0.15) is 0 Å². The molecule has 2 heterocycles. The molecule has 2 aromatic carbocycles. The molecule has 0 unspecified atom stereocenters. The van der Waals surface area contributed by atoms with Gasteiger partial charge in [-0.1, -0.05) is 50.2 Å². The zero-order chi connectivity index (χ0) is 16.5. The van der Waals surface area contributed by atoms with Crippen molar-refractivity contribution >= 4 is 22.2 Å². The Bertz CT molecular complexity index is 1000. The fraction of sp³-hybridized carbons (Fsp3) is 0.200. The van der Waals surface area contributed by atoms with Crippen molar-refractivity contribution in [2.45, 2.75) is 13.8 Å². The van der Waals surface area contributed by atoms with Gasteiger partial charge in [-0.15, -0.1) is 0 Å². The van der Waals surface area contributed by atoms with Crippen molar-refractivity contribution in [1.29, 1.82) is 0 Å². The van der Waals surface area contributed by atoms with Crippen LogP contribution in [0.1, 0.15) is 13.8 Å². The Morgan fingerprint density at radius 2 is 1.88 bits per heavy atom. The molecule has 4 rings (SSSR count). The van der Waals surface area contributed by atoms with E-state index in [2.05, 4.69) is 76.0 Å². The molecule has 2 aromatic heterocycles. The van der Waals surface area contributed by atoms with Crippen LogP contribution in [0.3, 0.4) is 0 Å². The summed E-state index contributed by atoms with van der Waals surface area (Å²) in [6, 6.07) is 14.9. The van der Waals surface area contributed by atoms with Crippen LogP contribution in [0.4, 0.5) is 5.82 Å². The lowest BCUT2D eigenvalue weighted by Crippen LogP contribution is -2.10. The molecule has 24 heavy (non-hydrogen) atoms. The number of benzene rings is 2. The summed E-state index contributed by atoms with van der Waals surface area (Å²) in [5.41, 5.74) is 3.05. The number of aromatic nitrogens is 3. The van der Waals surface area contributed by atoms with Gasteiger partial charge in [-0.2, -0.15) is 0 Å². The molecule has 4 heteroatoms. The van der Waals surface area contributed by atoms with Crippen molar-refractivity contribution in [3.63, 3.8) is 0 Å². The highest BCUT2D eigenvalue weighted by atomic mass is 15.1. The number of nitrogens with one attached hydrogen (secondary N) is 1. The maximum Gasteiger partial charge on any atom is 0.180 e. The molecule has 0 fully saturated rings. The van der Waals surface area contributed by atoms with E-state index < -0.39 is 0 Å². The van der Waals surface area contributed by atoms with Gasteiger partial charge in [0.2, 0.25) is 0 Å². The zero-order valence-corrected chi connectivity index (χ0v) is 13.9. The van der Waals surface area contributed by atoms with Crippen molar-refractivity contribution in [2.24, 2.45) is 5.92 Å². The number of hydrogen-bond donors (Lipinski definition) is 1. The predicted molar refractivity (Wildman–Crippen MR) is 99.3 cm³/mol. The van der Waals surface area contributed by atoms with Gasteiger partial charge in [-0.3, -0.25) is 4.40 Å². The maximum atomic E-state index is 4.61. The minimum absolute atomic E-state index is 0.557. The molecule has 0 spiro atoms. The topological polar surface area (TPSA) is 42.2 Å². The molecule has 0 atom stereocenters. The Balaban J connectivity index is 1.81. The van der Waals surface area contributed by atoms with Crippen molar-refractivity contribution in [2.75, 3.05) is 11.9 Å². The van der Waals surface area contributed by atoms with E-state index in [9.17, 15) is 0 Å². The molecular weight excluding hydrogens is 296 g/mol. The van der Waals surface area contributed by atoms with E-state index in [0.29, 0.717) is 5.92 Å². The van der Waals surface area contributed by atoms with Crippen molar-refractivity contribution in [1.82, 2.24) is 14.4 Å². The number of nitrogens with zero attached hydrogens (tertiary/aromatic N) is 3. The SMILES string of the molecule is CC(C)CNc1ncc(-c2ccc3ccccc3c2)n2ccnc12. The second-order valence-corrected chi connectivity index (χ2v) is 6.45. The van der Waals surface area contributed by atoms with Crippen LogP contribution in [-0.4, -0.2) is 20.9 Å². The van der Waals surface area contributed by atoms with Gasteiger partial charge in [-0.05, 0) is 22.8 Å². The van der Waals surface area contributed by atoms with Crippen LogP contribution < -0.4 is 5.32 Å². The number of imidazole rings is 1. The molecule has 0 saturated heterocycles. The average molecular weight is 316 g/mol. The average Bonchev–Trinajstić information content (AvgIpc) is 3.09. The summed E-state index contributed by atoms with van der Waals surface area (Å²) in [5, 5.41) is 5.86. The number of anilines is 1. The van der Waals surface area contributed by atoms with Crippen LogP contribution in [0.5, 0.6) is 0 Å². The summed E-state index contributed by atoms with van der Waals surface area (Å²) < 4.78 is 2.10. The van der Waals surface area contributed by atoms with Crippen molar-refractivity contribution in [3.8, 4) is 11.3 Å². The van der Waals surface area contributed by atoms with Crippen LogP contribution in [0.2, 0.25) is 0 Å². The summed E-state index contributed by atoms with van der Waals surface area (Å²) in [5.74, 6) is 1.39. The third kappa shape index (κ3) is 2.60. The van der Waals surface area contributed by atoms with Gasteiger partial charge in [0.15, 0.2) is 11.5 Å². The van der Waals surface area contributed by atoms with Crippen LogP contribution in [0, 0.1) is 5.92 Å². The second-order valence-electron chi connectivity index (χ2n) is 6.45. The van der Waals surface area contributed by atoms with Gasteiger partial charge in [0.05, 0.1) is 11.9 Å². The Hall–Kier alpha value is -2.88. The molecular formula is C20H20N4. The highest BCUT2D eigenvalue weighted by Crippen LogP contribution is 2.26. The summed E-state index contributed by atoms with van der Waals surface area (Å²) in [4.78, 5) is 9.10. The lowest BCUT2D eigenvalue weighted by atomic mass is 10.1. The van der Waals surface area contributed by atoms with Crippen LogP contribution >= 0.6 is 0 Å². The number of fused-ring (bicyclic) bond motifs is 2. The monoisotopic (exact) mass is 316 g/mol. The fourth-order valence-corrected chi connectivity index (χ4v) is 2.91. The molecule has 120 valence electrons. The second kappa shape index (κ2) is 5.96. The van der Waals surface area contributed by atoms with Crippen LogP contribution in [-0.2, 0) is 0 Å². The minimum Gasteiger partial charge on any atom is -0.367 e. The Kier molecular flexibility index (Phi) is 3.65. The summed E-state index contributed by atoms with van der Waals surface area (Å²) in [6.45, 7) is 5.24. The normalized spacial score (nSPS) is 11.5. The first-order chi connectivity index (χ1) is 11.7. The molecule has 4 aromatic rings. The minimum atomic E-state index is 0.557. The molecule has 4 nitrogen and oxygen atoms in total. The van der Waals surface area contributed by atoms with E-state index in [-0.39, 0.29) is 0 Å². The molecule has 0 aliphatic rings. The summed E-state index contributed by atoms with van der Waals surface area (Å²) in [6.07, 6.45) is 5.73. The molecule has 0 bridgehead atoms. The Morgan fingerprint density at radius 1 is 1.04 bits per heavy atom. The van der Waals surface area contributed by atoms with Crippen molar-refractivity contribution < 1.29 is 0 Å². The van der Waals surface area contributed by atoms with E-state index in [1.54, 1.807) is 0 Å². The van der Waals surface area contributed by atoms with E-state index in [4.69, 9.17) is 0 Å². The predicted octanol–water partition coefficient (Wildman–Crippen LogP) is 4.62. The smallest absolute Gasteiger partial charge is 0.180 e. The molecule has 1 N–H and O–H groups in total. The van der Waals surface area contributed by atoms with Gasteiger partial charge in [0.25, 0.3) is 0 Å². The van der Waals surface area contributed by atoms with E-state index in [0.717, 1.165) is 29.3 Å². The lowest BCUT2D eigenvalue weighted by molar-refractivity contribution is 0.687. The third-order valence-electron chi connectivity index (χ3n) is 4.15. The number of rotatable bonds is 4. The van der Waals surface area contributed by atoms with Crippen LogP contribution in [0.15, 0.2) is 61.1 Å². The van der Waals surface area contributed by atoms with Gasteiger partial charge < -0.3 is 5.32 Å².